The van der Waals surface area contributed by atoms with E-state index in [9.17, 15) is 0 Å². The Hall–Kier alpha value is -3.53. The van der Waals surface area contributed by atoms with Crippen LogP contribution in [0.25, 0.3) is 33.3 Å². The number of benzene rings is 2. The second-order valence-electron chi connectivity index (χ2n) is 9.23. The van der Waals surface area contributed by atoms with Crippen molar-refractivity contribution >= 4 is 33.7 Å². The number of ether oxygens (including phenoxy) is 1. The molecule has 0 aliphatic carbocycles. The number of aryl methyl sites for hydroxylation is 1. The van der Waals surface area contributed by atoms with Gasteiger partial charge in [-0.3, -0.25) is 14.6 Å². The first-order valence-corrected chi connectivity index (χ1v) is 12.1. The first kappa shape index (κ1) is 20.8. The number of aromatic nitrogens is 6. The molecule has 0 spiro atoms. The summed E-state index contributed by atoms with van der Waals surface area (Å²) in [4.78, 5) is 19.6. The predicted octanol–water partition coefficient (Wildman–Crippen LogP) is 3.95. The molecule has 2 aliphatic rings. The largest absolute Gasteiger partial charge is 0.456 e. The van der Waals surface area contributed by atoms with Gasteiger partial charge in [-0.05, 0) is 31.2 Å². The minimum atomic E-state index is 0.400. The van der Waals surface area contributed by atoms with Crippen molar-refractivity contribution in [3.05, 3.63) is 59.8 Å². The quantitative estimate of drug-likeness (QED) is 0.388. The number of nitrogens with zero attached hydrogens (tertiary/aromatic N) is 6. The number of likely N-dealkylation sites (tertiary alicyclic amines) is 1. The van der Waals surface area contributed by atoms with E-state index in [-0.39, 0.29) is 0 Å². The fourth-order valence-electron chi connectivity index (χ4n) is 4.71. The molecule has 2 aromatic carbocycles. The van der Waals surface area contributed by atoms with Crippen molar-refractivity contribution < 1.29 is 4.74 Å². The third-order valence-electron chi connectivity index (χ3n) is 6.86. The van der Waals surface area contributed by atoms with Crippen LogP contribution in [0.1, 0.15) is 11.9 Å². The molecule has 2 N–H and O–H groups in total. The van der Waals surface area contributed by atoms with Gasteiger partial charge in [-0.2, -0.15) is 5.10 Å². The molecule has 2 fully saturated rings. The van der Waals surface area contributed by atoms with E-state index >= 15 is 0 Å². The minimum absolute atomic E-state index is 0.400. The molecule has 7 rings (SSSR count). The van der Waals surface area contributed by atoms with Crippen LogP contribution in [0, 0.1) is 6.92 Å². The number of hydrogen-bond acceptors (Lipinski definition) is 7. The molecule has 0 unspecified atom stereocenters. The second kappa shape index (κ2) is 8.01. The van der Waals surface area contributed by atoms with Crippen LogP contribution < -0.4 is 10.1 Å². The molecule has 5 heterocycles. The number of H-pyrrole nitrogens is 1. The summed E-state index contributed by atoms with van der Waals surface area (Å²) in [5.74, 6) is 2.05. The summed E-state index contributed by atoms with van der Waals surface area (Å²) in [5.41, 5.74) is 4.77. The van der Waals surface area contributed by atoms with Crippen molar-refractivity contribution in [1.29, 1.82) is 0 Å². The highest BCUT2D eigenvalue weighted by molar-refractivity contribution is 6.36. The van der Waals surface area contributed by atoms with Crippen molar-refractivity contribution in [1.82, 2.24) is 39.9 Å². The molecule has 0 atom stereocenters. The fraction of sp³-hybridized carbons (Fsp3) is 0.280. The molecule has 9 nitrogen and oxygen atoms in total. The van der Waals surface area contributed by atoms with Gasteiger partial charge in [0.1, 0.15) is 27.9 Å². The number of hydrogen-bond donors (Lipinski definition) is 2. The lowest BCUT2D eigenvalue weighted by molar-refractivity contribution is 0.0296. The molecular formula is C25H23ClN8O. The molecule has 35 heavy (non-hydrogen) atoms. The zero-order valence-corrected chi connectivity index (χ0v) is 19.8. The van der Waals surface area contributed by atoms with Crippen LogP contribution >= 0.6 is 11.6 Å². The predicted molar refractivity (Wildman–Crippen MR) is 134 cm³/mol. The lowest BCUT2D eigenvalue weighted by Crippen LogP contribution is -2.64. The topological polar surface area (TPSA) is 96.8 Å². The standard InChI is InChI=1S/C25H23ClN8O/c1-14-30-19-3-2-18(6-21(19)31-14)35-23-5-4-20-25(24(23)26)32-22(10-28-20)15-7-29-34(11-15)17-12-33(13-17)16-8-27-9-16/h2-7,10-11,16-17,27H,8-9,12-13H2,1H3,(H,30,31). The highest BCUT2D eigenvalue weighted by atomic mass is 35.5. The summed E-state index contributed by atoms with van der Waals surface area (Å²) in [6.45, 7) is 6.18. The van der Waals surface area contributed by atoms with Crippen molar-refractivity contribution in [2.75, 3.05) is 26.2 Å². The Morgan fingerprint density at radius 3 is 2.71 bits per heavy atom. The Labute approximate surface area is 206 Å². The Morgan fingerprint density at radius 1 is 1.03 bits per heavy atom. The van der Waals surface area contributed by atoms with E-state index in [2.05, 4.69) is 30.3 Å². The van der Waals surface area contributed by atoms with Gasteiger partial charge in [0.2, 0.25) is 0 Å². The summed E-state index contributed by atoms with van der Waals surface area (Å²) < 4.78 is 8.15. The van der Waals surface area contributed by atoms with Gasteiger partial charge >= 0.3 is 0 Å². The maximum absolute atomic E-state index is 6.75. The summed E-state index contributed by atoms with van der Waals surface area (Å²) in [7, 11) is 0. The molecule has 2 aliphatic heterocycles. The number of aromatic amines is 1. The average molecular weight is 487 g/mol. The van der Waals surface area contributed by atoms with E-state index in [4.69, 9.17) is 21.3 Å². The van der Waals surface area contributed by atoms with Crippen molar-refractivity contribution in [3.8, 4) is 22.8 Å². The van der Waals surface area contributed by atoms with E-state index < -0.39 is 0 Å². The Kier molecular flexibility index (Phi) is 4.76. The lowest BCUT2D eigenvalue weighted by Gasteiger charge is -2.47. The normalized spacial score (nSPS) is 17.1. The Bertz CT molecular complexity index is 1570. The fourth-order valence-corrected chi connectivity index (χ4v) is 4.95. The molecule has 3 aromatic heterocycles. The van der Waals surface area contributed by atoms with Crippen LogP contribution in [0.3, 0.4) is 0 Å². The summed E-state index contributed by atoms with van der Waals surface area (Å²) >= 11 is 6.75. The molecule has 5 aromatic rings. The summed E-state index contributed by atoms with van der Waals surface area (Å²) in [5, 5.41) is 8.35. The van der Waals surface area contributed by atoms with E-state index in [1.54, 1.807) is 6.20 Å². The van der Waals surface area contributed by atoms with Crippen LogP contribution in [-0.4, -0.2) is 66.8 Å². The number of rotatable bonds is 5. The minimum Gasteiger partial charge on any atom is -0.456 e. The molecule has 0 saturated carbocycles. The molecule has 176 valence electrons. The van der Waals surface area contributed by atoms with Crippen LogP contribution in [-0.2, 0) is 0 Å². The van der Waals surface area contributed by atoms with Crippen LogP contribution in [0.15, 0.2) is 48.9 Å². The molecular weight excluding hydrogens is 464 g/mol. The first-order valence-electron chi connectivity index (χ1n) is 11.7. The number of halogens is 1. The number of fused-ring (bicyclic) bond motifs is 2. The maximum Gasteiger partial charge on any atom is 0.148 e. The summed E-state index contributed by atoms with van der Waals surface area (Å²) in [6, 6.07) is 10.5. The van der Waals surface area contributed by atoms with Crippen molar-refractivity contribution in [2.45, 2.75) is 19.0 Å². The number of nitrogens with one attached hydrogen (secondary N) is 2. The van der Waals surface area contributed by atoms with Crippen LogP contribution in [0.5, 0.6) is 11.5 Å². The van der Waals surface area contributed by atoms with Crippen LogP contribution in [0.4, 0.5) is 0 Å². The summed E-state index contributed by atoms with van der Waals surface area (Å²) in [6.07, 6.45) is 5.66. The van der Waals surface area contributed by atoms with Crippen LogP contribution in [0.2, 0.25) is 5.02 Å². The molecule has 2 saturated heterocycles. The zero-order valence-electron chi connectivity index (χ0n) is 19.1. The Morgan fingerprint density at radius 2 is 1.89 bits per heavy atom. The van der Waals surface area contributed by atoms with Gasteiger partial charge < -0.3 is 15.0 Å². The molecule has 0 radical (unpaired) electrons. The van der Waals surface area contributed by atoms with Gasteiger partial charge in [0.05, 0.1) is 40.7 Å². The van der Waals surface area contributed by atoms with E-state index in [0.717, 1.165) is 54.3 Å². The maximum atomic E-state index is 6.75. The number of imidazole rings is 1. The zero-order chi connectivity index (χ0) is 23.5. The van der Waals surface area contributed by atoms with Crippen molar-refractivity contribution in [3.63, 3.8) is 0 Å². The van der Waals surface area contributed by atoms with Gasteiger partial charge in [0.15, 0.2) is 0 Å². The molecule has 10 heteroatoms. The molecule has 0 bridgehead atoms. The Balaban J connectivity index is 1.15. The average Bonchev–Trinajstić information content (AvgIpc) is 3.42. The van der Waals surface area contributed by atoms with Gasteiger partial charge in [-0.1, -0.05) is 11.6 Å². The molecule has 0 amide bonds. The third-order valence-corrected chi connectivity index (χ3v) is 7.22. The third kappa shape index (κ3) is 3.63. The van der Waals surface area contributed by atoms with E-state index in [1.165, 1.54) is 0 Å². The van der Waals surface area contributed by atoms with Gasteiger partial charge in [0.25, 0.3) is 0 Å². The highest BCUT2D eigenvalue weighted by Gasteiger charge is 2.36. The first-order chi connectivity index (χ1) is 17.1. The highest BCUT2D eigenvalue weighted by Crippen LogP contribution is 2.36. The SMILES string of the molecule is Cc1nc2ccc(Oc3ccc4ncc(-c5cnn(C6CN(C7CNC7)C6)c5)nc4c3Cl)cc2[nH]1. The van der Waals surface area contributed by atoms with E-state index in [1.807, 2.05) is 54.3 Å². The van der Waals surface area contributed by atoms with Gasteiger partial charge in [-0.15, -0.1) is 0 Å². The smallest absolute Gasteiger partial charge is 0.148 e. The van der Waals surface area contributed by atoms with Crippen molar-refractivity contribution in [2.24, 2.45) is 0 Å². The van der Waals surface area contributed by atoms with Gasteiger partial charge in [-0.25, -0.2) is 9.97 Å². The van der Waals surface area contributed by atoms with Gasteiger partial charge in [0, 0.05) is 50.0 Å². The lowest BCUT2D eigenvalue weighted by atomic mass is 10.0. The van der Waals surface area contributed by atoms with E-state index in [0.29, 0.717) is 39.6 Å². The monoisotopic (exact) mass is 486 g/mol. The second-order valence-corrected chi connectivity index (χ2v) is 9.61.